The van der Waals surface area contributed by atoms with E-state index in [1.54, 1.807) is 19.2 Å². The van der Waals surface area contributed by atoms with Crippen molar-refractivity contribution in [2.45, 2.75) is 45.7 Å². The fourth-order valence-corrected chi connectivity index (χ4v) is 5.47. The first-order valence-electron chi connectivity index (χ1n) is 13.4. The van der Waals surface area contributed by atoms with Gasteiger partial charge in [0.15, 0.2) is 5.82 Å². The lowest BCUT2D eigenvalue weighted by molar-refractivity contribution is -0.136. The number of hydrogen-bond donors (Lipinski definition) is 2. The van der Waals surface area contributed by atoms with E-state index in [4.69, 9.17) is 10.7 Å². The van der Waals surface area contributed by atoms with Gasteiger partial charge in [-0.25, -0.2) is 19.3 Å². The number of nitrogens with one attached hydrogen (secondary N) is 1. The van der Waals surface area contributed by atoms with Crippen LogP contribution in [0.1, 0.15) is 43.5 Å². The number of nitrogens with two attached hydrogens (primary N) is 1. The van der Waals surface area contributed by atoms with Crippen LogP contribution >= 0.6 is 0 Å². The van der Waals surface area contributed by atoms with Crippen molar-refractivity contribution in [3.05, 3.63) is 59.2 Å². The number of hydrogen-bond acceptors (Lipinski definition) is 8. The summed E-state index contributed by atoms with van der Waals surface area (Å²) in [5, 5.41) is 3.12. The van der Waals surface area contributed by atoms with Crippen LogP contribution in [0.25, 0.3) is 11.3 Å². The first kappa shape index (κ1) is 26.7. The molecule has 0 saturated carbocycles. The number of nitrogens with zero attached hydrogens (tertiary/aromatic N) is 6. The zero-order valence-corrected chi connectivity index (χ0v) is 22.9. The maximum absolute atomic E-state index is 14.9. The maximum Gasteiger partial charge on any atom is 0.240 e. The van der Waals surface area contributed by atoms with E-state index in [0.29, 0.717) is 36.6 Å². The van der Waals surface area contributed by atoms with E-state index in [2.05, 4.69) is 25.2 Å². The van der Waals surface area contributed by atoms with Crippen LogP contribution in [-0.2, 0) is 17.8 Å². The molecule has 0 aliphatic carbocycles. The largest absolute Gasteiger partial charge is 0.398 e. The number of likely N-dealkylation sites (N-methyl/N-ethyl adjacent to an activating group) is 1. The molecule has 1 aromatic carbocycles. The lowest BCUT2D eigenvalue weighted by Gasteiger charge is -2.32. The van der Waals surface area contributed by atoms with E-state index >= 15 is 0 Å². The van der Waals surface area contributed by atoms with Crippen molar-refractivity contribution in [2.75, 3.05) is 38.2 Å². The molecule has 0 bridgehead atoms. The highest BCUT2D eigenvalue weighted by molar-refractivity contribution is 6.06. The third-order valence-corrected chi connectivity index (χ3v) is 7.54. The fourth-order valence-electron chi connectivity index (χ4n) is 5.47. The second kappa shape index (κ2) is 11.1. The van der Waals surface area contributed by atoms with Crippen LogP contribution in [-0.4, -0.2) is 69.6 Å². The summed E-state index contributed by atoms with van der Waals surface area (Å²) in [7, 11) is 3.74. The predicted octanol–water partition coefficient (Wildman–Crippen LogP) is 4.06. The number of fused-ring (bicyclic) bond motifs is 1. The molecule has 0 radical (unpaired) electrons. The van der Waals surface area contributed by atoms with E-state index in [-0.39, 0.29) is 29.5 Å². The SMILES string of the molecule is CN=C(c1cc(-c2nc(Nc3ccc4c(n3)CCN(C(=O)C3CCCN3C)C4)ncc2F)ccc1N)C(C)C. The Labute approximate surface area is 228 Å². The van der Waals surface area contributed by atoms with Crippen molar-refractivity contribution in [1.29, 1.82) is 0 Å². The summed E-state index contributed by atoms with van der Waals surface area (Å²) in [6, 6.07) is 9.12. The van der Waals surface area contributed by atoms with Gasteiger partial charge < -0.3 is 16.0 Å². The van der Waals surface area contributed by atoms with Gasteiger partial charge in [0.05, 0.1) is 12.2 Å². The summed E-state index contributed by atoms with van der Waals surface area (Å²) in [5.74, 6) is 0.630. The Hall–Kier alpha value is -3.92. The van der Waals surface area contributed by atoms with Gasteiger partial charge >= 0.3 is 0 Å². The number of carbonyl (C=O) groups is 1. The standard InChI is InChI=1S/C29H35FN8O/c1-17(2)26(32-3)20-14-18(7-9-22(20)31)27-21(30)15-33-29(36-27)35-25-10-8-19-16-38(13-11-23(19)34-25)28(39)24-6-5-12-37(24)4/h7-10,14-15,17,24H,5-6,11-13,16,31H2,1-4H3,(H,33,34,35,36). The van der Waals surface area contributed by atoms with Gasteiger partial charge in [-0.05, 0) is 56.1 Å². The van der Waals surface area contributed by atoms with Crippen LogP contribution in [0.5, 0.6) is 0 Å². The smallest absolute Gasteiger partial charge is 0.240 e. The molecule has 5 rings (SSSR count). The molecule has 2 aromatic heterocycles. The van der Waals surface area contributed by atoms with E-state index in [1.807, 2.05) is 44.0 Å². The maximum atomic E-state index is 14.9. The molecule has 1 unspecified atom stereocenters. The van der Waals surface area contributed by atoms with Gasteiger partial charge in [-0.15, -0.1) is 0 Å². The predicted molar refractivity (Wildman–Crippen MR) is 151 cm³/mol. The van der Waals surface area contributed by atoms with Crippen molar-refractivity contribution < 1.29 is 9.18 Å². The zero-order chi connectivity index (χ0) is 27.7. The number of carbonyl (C=O) groups excluding carboxylic acids is 1. The highest BCUT2D eigenvalue weighted by Crippen LogP contribution is 2.28. The third kappa shape index (κ3) is 5.47. The van der Waals surface area contributed by atoms with E-state index < -0.39 is 5.82 Å². The fraction of sp³-hybridized carbons (Fsp3) is 0.414. The number of anilines is 3. The van der Waals surface area contributed by atoms with Crippen LogP contribution in [0.2, 0.25) is 0 Å². The minimum atomic E-state index is -0.535. The average Bonchev–Trinajstić information content (AvgIpc) is 3.36. The number of aliphatic imine (C=N–C) groups is 1. The van der Waals surface area contributed by atoms with Gasteiger partial charge in [0.1, 0.15) is 11.5 Å². The number of rotatable bonds is 6. The number of amides is 1. The van der Waals surface area contributed by atoms with E-state index in [0.717, 1.165) is 48.1 Å². The minimum absolute atomic E-state index is 0.0198. The van der Waals surface area contributed by atoms with Crippen molar-refractivity contribution >= 4 is 29.1 Å². The molecule has 1 atom stereocenters. The number of aromatic nitrogens is 3. The molecule has 4 heterocycles. The van der Waals surface area contributed by atoms with E-state index in [9.17, 15) is 9.18 Å². The van der Waals surface area contributed by atoms with Crippen molar-refractivity contribution in [1.82, 2.24) is 24.8 Å². The molecule has 2 aliphatic heterocycles. The molecular formula is C29H35FN8O. The lowest BCUT2D eigenvalue weighted by Crippen LogP contribution is -2.46. The molecule has 39 heavy (non-hydrogen) atoms. The second-order valence-electron chi connectivity index (χ2n) is 10.5. The Morgan fingerprint density at radius 2 is 2.03 bits per heavy atom. The van der Waals surface area contributed by atoms with Gasteiger partial charge in [0.25, 0.3) is 0 Å². The summed E-state index contributed by atoms with van der Waals surface area (Å²) in [6.07, 6.45) is 3.81. The van der Waals surface area contributed by atoms with Gasteiger partial charge in [-0.1, -0.05) is 26.0 Å². The Bertz CT molecular complexity index is 1420. The highest BCUT2D eigenvalue weighted by Gasteiger charge is 2.33. The molecule has 1 amide bonds. The van der Waals surface area contributed by atoms with Crippen LogP contribution < -0.4 is 11.1 Å². The molecule has 3 aromatic rings. The number of likely N-dealkylation sites (tertiary alicyclic amines) is 1. The zero-order valence-electron chi connectivity index (χ0n) is 22.9. The summed E-state index contributed by atoms with van der Waals surface area (Å²) in [4.78, 5) is 34.8. The van der Waals surface area contributed by atoms with Gasteiger partial charge in [0, 0.05) is 54.8 Å². The average molecular weight is 531 g/mol. The van der Waals surface area contributed by atoms with Crippen molar-refractivity contribution in [2.24, 2.45) is 10.9 Å². The molecule has 1 fully saturated rings. The molecule has 204 valence electrons. The number of pyridine rings is 1. The normalized spacial score (nSPS) is 17.9. The lowest BCUT2D eigenvalue weighted by atomic mass is 9.95. The summed E-state index contributed by atoms with van der Waals surface area (Å²) in [5.41, 5.74) is 11.1. The first-order valence-corrected chi connectivity index (χ1v) is 13.4. The van der Waals surface area contributed by atoms with Gasteiger partial charge in [-0.2, -0.15) is 0 Å². The van der Waals surface area contributed by atoms with Crippen LogP contribution in [0.15, 0.2) is 41.5 Å². The molecule has 2 aliphatic rings. The van der Waals surface area contributed by atoms with Gasteiger partial charge in [0.2, 0.25) is 11.9 Å². The van der Waals surface area contributed by atoms with Crippen LogP contribution in [0, 0.1) is 11.7 Å². The summed E-state index contributed by atoms with van der Waals surface area (Å²) >= 11 is 0. The summed E-state index contributed by atoms with van der Waals surface area (Å²) < 4.78 is 14.9. The van der Waals surface area contributed by atoms with E-state index in [1.165, 1.54) is 0 Å². The highest BCUT2D eigenvalue weighted by atomic mass is 19.1. The Kier molecular flexibility index (Phi) is 7.56. The number of halogens is 1. The minimum Gasteiger partial charge on any atom is -0.398 e. The molecule has 0 spiro atoms. The molecule has 9 nitrogen and oxygen atoms in total. The monoisotopic (exact) mass is 530 g/mol. The summed E-state index contributed by atoms with van der Waals surface area (Å²) in [6.45, 7) is 6.24. The second-order valence-corrected chi connectivity index (χ2v) is 10.5. The number of benzene rings is 1. The quantitative estimate of drug-likeness (QED) is 0.365. The Balaban J connectivity index is 1.35. The molecule has 3 N–H and O–H groups in total. The first-order chi connectivity index (χ1) is 18.7. The van der Waals surface area contributed by atoms with Crippen molar-refractivity contribution in [3.8, 4) is 11.3 Å². The van der Waals surface area contributed by atoms with Crippen molar-refractivity contribution in [3.63, 3.8) is 0 Å². The van der Waals surface area contributed by atoms with Crippen LogP contribution in [0.4, 0.5) is 21.8 Å². The van der Waals surface area contributed by atoms with Gasteiger partial charge in [-0.3, -0.25) is 14.7 Å². The Morgan fingerprint density at radius 1 is 1.21 bits per heavy atom. The number of nitrogen functional groups attached to an aromatic ring is 1. The Morgan fingerprint density at radius 3 is 2.74 bits per heavy atom. The van der Waals surface area contributed by atoms with Crippen LogP contribution in [0.3, 0.4) is 0 Å². The molecular weight excluding hydrogens is 495 g/mol. The topological polar surface area (TPSA) is 113 Å². The molecule has 10 heteroatoms. The third-order valence-electron chi connectivity index (χ3n) is 7.54. The molecule has 1 saturated heterocycles.